The van der Waals surface area contributed by atoms with Crippen molar-refractivity contribution in [3.05, 3.63) is 27.5 Å². The average Bonchev–Trinajstić information content (AvgIpc) is 3.40. The van der Waals surface area contributed by atoms with Crippen molar-refractivity contribution in [3.8, 4) is 0 Å². The van der Waals surface area contributed by atoms with Crippen LogP contribution in [0.1, 0.15) is 30.1 Å². The summed E-state index contributed by atoms with van der Waals surface area (Å²) in [7, 11) is 0. The lowest BCUT2D eigenvalue weighted by Crippen LogP contribution is -2.55. The van der Waals surface area contributed by atoms with Crippen LogP contribution in [-0.2, 0) is 4.79 Å². The molecule has 0 radical (unpaired) electrons. The second-order valence-corrected chi connectivity index (χ2v) is 7.55. The molecule has 1 atom stereocenters. The largest absolute Gasteiger partial charge is 0.352 e. The highest BCUT2D eigenvalue weighted by Crippen LogP contribution is 2.21. The minimum atomic E-state index is -0.168. The molecule has 8 heteroatoms. The standard InChI is InChI=1S/C16H20BrClN4O2/c1-10(15(23)20-12-2-3-12)21-4-6-22(7-5-21)16(24)13-8-11(17)9-19-14(13)18/h8-10,12H,2-7H2,1H3,(H,20,23). The van der Waals surface area contributed by atoms with Gasteiger partial charge in [0.2, 0.25) is 5.91 Å². The Labute approximate surface area is 154 Å². The number of rotatable bonds is 4. The van der Waals surface area contributed by atoms with E-state index in [4.69, 9.17) is 11.6 Å². The van der Waals surface area contributed by atoms with Gasteiger partial charge in [0, 0.05) is 42.9 Å². The number of carbonyl (C=O) groups excluding carboxylic acids is 2. The van der Waals surface area contributed by atoms with Crippen LogP contribution >= 0.6 is 27.5 Å². The zero-order valence-corrected chi connectivity index (χ0v) is 15.8. The molecule has 1 aromatic heterocycles. The summed E-state index contributed by atoms with van der Waals surface area (Å²) in [6, 6.07) is 1.89. The average molecular weight is 416 g/mol. The van der Waals surface area contributed by atoms with Gasteiger partial charge in [0.05, 0.1) is 11.6 Å². The second kappa shape index (κ2) is 7.37. The van der Waals surface area contributed by atoms with Gasteiger partial charge < -0.3 is 10.2 Å². The molecule has 0 bridgehead atoms. The van der Waals surface area contributed by atoms with Crippen LogP contribution in [0.15, 0.2) is 16.7 Å². The molecule has 1 unspecified atom stereocenters. The predicted molar refractivity (Wildman–Crippen MR) is 95.1 cm³/mol. The van der Waals surface area contributed by atoms with Gasteiger partial charge in [-0.05, 0) is 41.8 Å². The van der Waals surface area contributed by atoms with Crippen LogP contribution in [0.2, 0.25) is 5.15 Å². The Morgan fingerprint density at radius 1 is 1.33 bits per heavy atom. The monoisotopic (exact) mass is 414 g/mol. The van der Waals surface area contributed by atoms with Crippen molar-refractivity contribution in [2.75, 3.05) is 26.2 Å². The molecular weight excluding hydrogens is 396 g/mol. The van der Waals surface area contributed by atoms with Crippen molar-refractivity contribution in [1.29, 1.82) is 0 Å². The lowest BCUT2D eigenvalue weighted by atomic mass is 10.2. The molecule has 24 heavy (non-hydrogen) atoms. The summed E-state index contributed by atoms with van der Waals surface area (Å²) in [5, 5.41) is 3.24. The normalized spacial score (nSPS) is 19.9. The highest BCUT2D eigenvalue weighted by molar-refractivity contribution is 9.10. The number of nitrogens with one attached hydrogen (secondary N) is 1. The summed E-state index contributed by atoms with van der Waals surface area (Å²) >= 11 is 9.36. The van der Waals surface area contributed by atoms with Crippen molar-refractivity contribution in [2.24, 2.45) is 0 Å². The van der Waals surface area contributed by atoms with Crippen LogP contribution in [-0.4, -0.2) is 64.9 Å². The molecule has 1 saturated heterocycles. The fraction of sp³-hybridized carbons (Fsp3) is 0.562. The molecule has 0 spiro atoms. The zero-order chi connectivity index (χ0) is 17.3. The van der Waals surface area contributed by atoms with Crippen LogP contribution in [0, 0.1) is 0 Å². The number of hydrogen-bond donors (Lipinski definition) is 1. The van der Waals surface area contributed by atoms with Crippen molar-refractivity contribution in [2.45, 2.75) is 31.8 Å². The first-order valence-electron chi connectivity index (χ1n) is 8.10. The molecule has 0 aromatic carbocycles. The number of piperazine rings is 1. The van der Waals surface area contributed by atoms with Gasteiger partial charge in [-0.1, -0.05) is 11.6 Å². The Morgan fingerprint density at radius 2 is 2.00 bits per heavy atom. The van der Waals surface area contributed by atoms with E-state index < -0.39 is 0 Å². The minimum absolute atomic E-state index is 0.0801. The third-order valence-electron chi connectivity index (χ3n) is 4.49. The van der Waals surface area contributed by atoms with E-state index in [1.807, 2.05) is 6.92 Å². The summed E-state index contributed by atoms with van der Waals surface area (Å²) < 4.78 is 0.722. The zero-order valence-electron chi connectivity index (χ0n) is 13.5. The minimum Gasteiger partial charge on any atom is -0.352 e. The van der Waals surface area contributed by atoms with Gasteiger partial charge in [0.25, 0.3) is 5.91 Å². The third kappa shape index (κ3) is 4.07. The van der Waals surface area contributed by atoms with E-state index in [1.54, 1.807) is 17.2 Å². The van der Waals surface area contributed by atoms with Crippen LogP contribution in [0.25, 0.3) is 0 Å². The Kier molecular flexibility index (Phi) is 5.42. The molecule has 130 valence electrons. The third-order valence-corrected chi connectivity index (χ3v) is 5.22. The SMILES string of the molecule is CC(C(=O)NC1CC1)N1CCN(C(=O)c2cc(Br)cnc2Cl)CC1. The fourth-order valence-corrected chi connectivity index (χ4v) is 3.29. The maximum Gasteiger partial charge on any atom is 0.257 e. The molecular formula is C16H20BrClN4O2. The number of aromatic nitrogens is 1. The molecule has 6 nitrogen and oxygen atoms in total. The van der Waals surface area contributed by atoms with Crippen molar-refractivity contribution >= 4 is 39.3 Å². The van der Waals surface area contributed by atoms with E-state index >= 15 is 0 Å². The lowest BCUT2D eigenvalue weighted by Gasteiger charge is -2.37. The molecule has 3 rings (SSSR count). The second-order valence-electron chi connectivity index (χ2n) is 6.28. The van der Waals surface area contributed by atoms with Gasteiger partial charge in [-0.15, -0.1) is 0 Å². The van der Waals surface area contributed by atoms with Crippen LogP contribution in [0.5, 0.6) is 0 Å². The molecule has 1 N–H and O–H groups in total. The Hall–Kier alpha value is -1.18. The molecule has 2 aliphatic rings. The van der Waals surface area contributed by atoms with Crippen LogP contribution in [0.3, 0.4) is 0 Å². The lowest BCUT2D eigenvalue weighted by molar-refractivity contribution is -0.126. The highest BCUT2D eigenvalue weighted by atomic mass is 79.9. The molecule has 2 amide bonds. The summed E-state index contributed by atoms with van der Waals surface area (Å²) in [5.41, 5.74) is 0.402. The van der Waals surface area contributed by atoms with Crippen molar-refractivity contribution in [3.63, 3.8) is 0 Å². The molecule has 1 aromatic rings. The van der Waals surface area contributed by atoms with Crippen LogP contribution in [0.4, 0.5) is 0 Å². The predicted octanol–water partition coefficient (Wildman–Crippen LogP) is 1.92. The first kappa shape index (κ1) is 17.6. The smallest absolute Gasteiger partial charge is 0.257 e. The topological polar surface area (TPSA) is 65.5 Å². The number of nitrogens with zero attached hydrogens (tertiary/aromatic N) is 3. The Balaban J connectivity index is 1.57. The fourth-order valence-electron chi connectivity index (χ4n) is 2.77. The van der Waals surface area contributed by atoms with Gasteiger partial charge in [0.1, 0.15) is 5.15 Å². The number of pyridine rings is 1. The van der Waals surface area contributed by atoms with E-state index in [-0.39, 0.29) is 23.0 Å². The molecule has 1 saturated carbocycles. The Bertz CT molecular complexity index is 645. The maximum absolute atomic E-state index is 12.6. The maximum atomic E-state index is 12.6. The molecule has 1 aliphatic carbocycles. The van der Waals surface area contributed by atoms with E-state index in [2.05, 4.69) is 31.1 Å². The number of halogens is 2. The first-order chi connectivity index (χ1) is 11.5. The van der Waals surface area contributed by atoms with Gasteiger partial charge >= 0.3 is 0 Å². The van der Waals surface area contributed by atoms with Crippen molar-refractivity contribution < 1.29 is 9.59 Å². The summed E-state index contributed by atoms with van der Waals surface area (Å²) in [6.07, 6.45) is 3.74. The van der Waals surface area contributed by atoms with E-state index in [9.17, 15) is 9.59 Å². The van der Waals surface area contributed by atoms with Crippen LogP contribution < -0.4 is 5.32 Å². The summed E-state index contributed by atoms with van der Waals surface area (Å²) in [6.45, 7) is 4.41. The highest BCUT2D eigenvalue weighted by Gasteiger charge is 2.31. The van der Waals surface area contributed by atoms with Gasteiger partial charge in [0.15, 0.2) is 0 Å². The van der Waals surface area contributed by atoms with E-state index in [1.165, 1.54) is 0 Å². The molecule has 1 aliphatic heterocycles. The Morgan fingerprint density at radius 3 is 2.62 bits per heavy atom. The summed E-state index contributed by atoms with van der Waals surface area (Å²) in [5.74, 6) is -0.0416. The van der Waals surface area contributed by atoms with E-state index in [0.29, 0.717) is 37.8 Å². The molecule has 2 heterocycles. The number of amides is 2. The number of carbonyl (C=O) groups is 2. The quantitative estimate of drug-likeness (QED) is 0.763. The molecule has 2 fully saturated rings. The van der Waals surface area contributed by atoms with Gasteiger partial charge in [-0.3, -0.25) is 14.5 Å². The van der Waals surface area contributed by atoms with Gasteiger partial charge in [-0.25, -0.2) is 4.98 Å². The number of hydrogen-bond acceptors (Lipinski definition) is 4. The van der Waals surface area contributed by atoms with Crippen molar-refractivity contribution in [1.82, 2.24) is 20.1 Å². The summed E-state index contributed by atoms with van der Waals surface area (Å²) in [4.78, 5) is 32.6. The van der Waals surface area contributed by atoms with E-state index in [0.717, 1.165) is 17.3 Å². The first-order valence-corrected chi connectivity index (χ1v) is 9.27. The van der Waals surface area contributed by atoms with Gasteiger partial charge in [-0.2, -0.15) is 0 Å².